The Labute approximate surface area is 178 Å². The highest BCUT2D eigenvalue weighted by Gasteiger charge is 2.29. The van der Waals surface area contributed by atoms with Crippen molar-refractivity contribution in [1.82, 2.24) is 4.98 Å². The molecule has 0 radical (unpaired) electrons. The third kappa shape index (κ3) is 4.66. The van der Waals surface area contributed by atoms with Crippen LogP contribution in [-0.2, 0) is 16.1 Å². The maximum absolute atomic E-state index is 13.0. The van der Waals surface area contributed by atoms with Gasteiger partial charge in [-0.2, -0.15) is 4.73 Å². The lowest BCUT2D eigenvalue weighted by Crippen LogP contribution is -2.39. The molecule has 0 atom stereocenters. The van der Waals surface area contributed by atoms with Crippen LogP contribution >= 0.6 is 0 Å². The molecular weight excluding hydrogens is 404 g/mol. The number of aromatic nitrogens is 2. The summed E-state index contributed by atoms with van der Waals surface area (Å²) >= 11 is 0. The number of nitrogens with zero attached hydrogens (tertiary/aromatic N) is 2. The Bertz CT molecular complexity index is 1110. The molecule has 0 fully saturated rings. The van der Waals surface area contributed by atoms with E-state index in [1.165, 1.54) is 13.2 Å². The van der Waals surface area contributed by atoms with E-state index in [4.69, 9.17) is 18.9 Å². The van der Waals surface area contributed by atoms with Gasteiger partial charge in [-0.15, -0.1) is 0 Å². The Morgan fingerprint density at radius 1 is 1.03 bits per heavy atom. The minimum atomic E-state index is -0.864. The number of carbonyl (C=O) groups excluding carboxylic acids is 2. The third-order valence-electron chi connectivity index (χ3n) is 4.34. The van der Waals surface area contributed by atoms with Gasteiger partial charge in [0, 0.05) is 0 Å². The molecule has 1 aromatic heterocycles. The summed E-state index contributed by atoms with van der Waals surface area (Å²) in [7, 11) is 1.44. The average Bonchev–Trinajstić information content (AvgIpc) is 2.78. The van der Waals surface area contributed by atoms with Gasteiger partial charge in [0.2, 0.25) is 5.52 Å². The van der Waals surface area contributed by atoms with E-state index in [1.54, 1.807) is 43.3 Å². The Balaban J connectivity index is 1.99. The van der Waals surface area contributed by atoms with Gasteiger partial charge in [0.05, 0.1) is 26.4 Å². The van der Waals surface area contributed by atoms with Crippen LogP contribution in [-0.4, -0.2) is 37.2 Å². The number of fused-ring (bicyclic) bond motifs is 1. The van der Waals surface area contributed by atoms with Crippen molar-refractivity contribution < 1.29 is 33.3 Å². The summed E-state index contributed by atoms with van der Waals surface area (Å²) in [5.74, 6) is -0.742. The van der Waals surface area contributed by atoms with Crippen LogP contribution in [0, 0.1) is 5.21 Å². The highest BCUT2D eigenvalue weighted by atomic mass is 16.5. The van der Waals surface area contributed by atoms with Crippen molar-refractivity contribution in [2.75, 3.05) is 20.3 Å². The molecule has 0 saturated heterocycles. The molecule has 9 nitrogen and oxygen atoms in total. The number of methoxy groups -OCH3 is 1. The van der Waals surface area contributed by atoms with Crippen molar-refractivity contribution in [3.63, 3.8) is 0 Å². The van der Waals surface area contributed by atoms with E-state index in [2.05, 4.69) is 4.98 Å². The van der Waals surface area contributed by atoms with E-state index in [9.17, 15) is 14.8 Å². The quantitative estimate of drug-likeness (QED) is 0.307. The summed E-state index contributed by atoms with van der Waals surface area (Å²) in [6.45, 7) is 3.51. The van der Waals surface area contributed by atoms with Crippen LogP contribution in [0.25, 0.3) is 11.0 Å². The SMILES string of the molecule is CCOC(=O)c1c(COC(=O)c2ccccc2OC)nc2ccc(OCC)cc2[n+]1[O-]. The van der Waals surface area contributed by atoms with Gasteiger partial charge in [0.15, 0.2) is 5.69 Å². The molecule has 0 spiro atoms. The summed E-state index contributed by atoms with van der Waals surface area (Å²) in [5, 5.41) is 13.0. The molecule has 0 saturated carbocycles. The number of rotatable bonds is 8. The van der Waals surface area contributed by atoms with Crippen LogP contribution in [0.5, 0.6) is 11.5 Å². The molecule has 0 unspecified atom stereocenters. The molecule has 0 aliphatic heterocycles. The molecule has 31 heavy (non-hydrogen) atoms. The van der Waals surface area contributed by atoms with Gasteiger partial charge in [-0.25, -0.2) is 14.6 Å². The molecule has 162 valence electrons. The van der Waals surface area contributed by atoms with Crippen molar-refractivity contribution >= 4 is 23.0 Å². The monoisotopic (exact) mass is 426 g/mol. The molecule has 9 heteroatoms. The number of ether oxygens (including phenoxy) is 4. The zero-order chi connectivity index (χ0) is 22.4. The summed E-state index contributed by atoms with van der Waals surface area (Å²) in [6.07, 6.45) is 0. The lowest BCUT2D eigenvalue weighted by molar-refractivity contribution is -0.581. The van der Waals surface area contributed by atoms with Gasteiger partial charge in [0.1, 0.15) is 29.2 Å². The van der Waals surface area contributed by atoms with Gasteiger partial charge in [-0.05, 0) is 38.1 Å². The van der Waals surface area contributed by atoms with Gasteiger partial charge in [0.25, 0.3) is 0 Å². The third-order valence-corrected chi connectivity index (χ3v) is 4.34. The van der Waals surface area contributed by atoms with Gasteiger partial charge < -0.3 is 24.2 Å². The topological polar surface area (TPSA) is 111 Å². The smallest absolute Gasteiger partial charge is 0.407 e. The fourth-order valence-corrected chi connectivity index (χ4v) is 2.98. The zero-order valence-electron chi connectivity index (χ0n) is 17.4. The minimum absolute atomic E-state index is 0.0200. The van der Waals surface area contributed by atoms with Crippen molar-refractivity contribution in [2.45, 2.75) is 20.5 Å². The number of para-hydroxylation sites is 1. The molecular formula is C22H22N2O7. The molecule has 1 heterocycles. The first kappa shape index (κ1) is 21.8. The Morgan fingerprint density at radius 3 is 2.52 bits per heavy atom. The van der Waals surface area contributed by atoms with Crippen LogP contribution in [0.3, 0.4) is 0 Å². The second kappa shape index (κ2) is 9.75. The van der Waals surface area contributed by atoms with Crippen molar-refractivity contribution in [2.24, 2.45) is 0 Å². The molecule has 0 bridgehead atoms. The first-order valence-corrected chi connectivity index (χ1v) is 9.66. The lowest BCUT2D eigenvalue weighted by Gasteiger charge is -2.13. The number of carbonyl (C=O) groups is 2. The van der Waals surface area contributed by atoms with E-state index in [0.29, 0.717) is 28.4 Å². The first-order valence-electron chi connectivity index (χ1n) is 9.66. The molecule has 0 aliphatic carbocycles. The number of esters is 2. The second-order valence-corrected chi connectivity index (χ2v) is 6.28. The van der Waals surface area contributed by atoms with Crippen LogP contribution in [0.2, 0.25) is 0 Å². The second-order valence-electron chi connectivity index (χ2n) is 6.28. The molecule has 2 aromatic carbocycles. The fourth-order valence-electron chi connectivity index (χ4n) is 2.98. The van der Waals surface area contributed by atoms with E-state index >= 15 is 0 Å². The predicted molar refractivity (Wildman–Crippen MR) is 110 cm³/mol. The van der Waals surface area contributed by atoms with Crippen molar-refractivity contribution in [1.29, 1.82) is 0 Å². The first-order chi connectivity index (χ1) is 15.0. The lowest BCUT2D eigenvalue weighted by atomic mass is 10.2. The largest absolute Gasteiger partial charge is 0.618 e. The summed E-state index contributed by atoms with van der Waals surface area (Å²) in [5.41, 5.74) is 0.285. The minimum Gasteiger partial charge on any atom is -0.618 e. The van der Waals surface area contributed by atoms with Crippen molar-refractivity contribution in [3.8, 4) is 11.5 Å². The highest BCUT2D eigenvalue weighted by Crippen LogP contribution is 2.21. The summed E-state index contributed by atoms with van der Waals surface area (Å²) < 4.78 is 21.3. The zero-order valence-corrected chi connectivity index (χ0v) is 17.4. The normalized spacial score (nSPS) is 10.5. The number of hydrogen-bond acceptors (Lipinski definition) is 8. The molecule has 3 aromatic rings. The van der Waals surface area contributed by atoms with E-state index in [-0.39, 0.29) is 29.1 Å². The summed E-state index contributed by atoms with van der Waals surface area (Å²) in [4.78, 5) is 29.4. The van der Waals surface area contributed by atoms with Crippen LogP contribution in [0.15, 0.2) is 42.5 Å². The van der Waals surface area contributed by atoms with Gasteiger partial charge >= 0.3 is 17.6 Å². The van der Waals surface area contributed by atoms with E-state index < -0.39 is 18.5 Å². The molecule has 3 rings (SSSR count). The molecule has 0 aliphatic rings. The molecule has 0 N–H and O–H groups in total. The van der Waals surface area contributed by atoms with Crippen LogP contribution in [0.4, 0.5) is 0 Å². The number of hydrogen-bond donors (Lipinski definition) is 0. The van der Waals surface area contributed by atoms with Crippen LogP contribution in [0.1, 0.15) is 40.4 Å². The average molecular weight is 426 g/mol. The maximum Gasteiger partial charge on any atom is 0.407 e. The predicted octanol–water partition coefficient (Wildman–Crippen LogP) is 2.81. The Hall–Kier alpha value is -3.88. The van der Waals surface area contributed by atoms with Crippen molar-refractivity contribution in [3.05, 3.63) is 64.6 Å². The van der Waals surface area contributed by atoms with E-state index in [1.807, 2.05) is 6.92 Å². The van der Waals surface area contributed by atoms with Gasteiger partial charge in [-0.1, -0.05) is 12.1 Å². The number of benzene rings is 2. The van der Waals surface area contributed by atoms with Crippen LogP contribution < -0.4 is 14.2 Å². The summed E-state index contributed by atoms with van der Waals surface area (Å²) in [6, 6.07) is 11.3. The molecule has 0 amide bonds. The Kier molecular flexibility index (Phi) is 6.86. The highest BCUT2D eigenvalue weighted by molar-refractivity contribution is 5.93. The fraction of sp³-hybridized carbons (Fsp3) is 0.273. The van der Waals surface area contributed by atoms with E-state index in [0.717, 1.165) is 0 Å². The Morgan fingerprint density at radius 2 is 1.81 bits per heavy atom. The standard InChI is InChI=1S/C22H22N2O7/c1-4-29-14-10-11-16-18(12-14)24(27)20(22(26)30-5-2)17(23-16)13-31-21(25)15-8-6-7-9-19(15)28-3/h6-12H,4-5,13H2,1-3H3. The maximum atomic E-state index is 13.0. The van der Waals surface area contributed by atoms with Gasteiger partial charge in [-0.3, -0.25) is 0 Å².